The SMILES string of the molecule is CCc1ccccc1NC(=O)c1ccc(S(=O)(=O)NCc2ccccc2)cc1. The molecule has 1 amide bonds. The third kappa shape index (κ3) is 4.85. The second-order valence-corrected chi connectivity index (χ2v) is 8.07. The van der Waals surface area contributed by atoms with E-state index < -0.39 is 10.0 Å². The molecule has 6 heteroatoms. The van der Waals surface area contributed by atoms with E-state index in [2.05, 4.69) is 10.0 Å². The Morgan fingerprint density at radius 1 is 0.857 bits per heavy atom. The molecule has 3 aromatic carbocycles. The molecule has 0 bridgehead atoms. The van der Waals surface area contributed by atoms with Crippen LogP contribution in [0, 0.1) is 0 Å². The van der Waals surface area contributed by atoms with Crippen LogP contribution in [-0.2, 0) is 23.0 Å². The van der Waals surface area contributed by atoms with Crippen LogP contribution in [0.2, 0.25) is 0 Å². The fourth-order valence-electron chi connectivity index (χ4n) is 2.79. The van der Waals surface area contributed by atoms with Gasteiger partial charge in [-0.2, -0.15) is 0 Å². The number of hydrogen-bond acceptors (Lipinski definition) is 3. The zero-order valence-corrected chi connectivity index (χ0v) is 16.4. The van der Waals surface area contributed by atoms with E-state index >= 15 is 0 Å². The molecule has 0 aliphatic heterocycles. The van der Waals surface area contributed by atoms with Gasteiger partial charge in [-0.25, -0.2) is 13.1 Å². The van der Waals surface area contributed by atoms with E-state index in [-0.39, 0.29) is 17.3 Å². The maximum absolute atomic E-state index is 12.5. The van der Waals surface area contributed by atoms with Gasteiger partial charge in [-0.05, 0) is 47.9 Å². The van der Waals surface area contributed by atoms with Crippen molar-refractivity contribution in [2.24, 2.45) is 0 Å². The van der Waals surface area contributed by atoms with Gasteiger partial charge in [0.25, 0.3) is 5.91 Å². The van der Waals surface area contributed by atoms with Crippen molar-refractivity contribution in [1.29, 1.82) is 0 Å². The normalized spacial score (nSPS) is 11.2. The molecule has 0 aromatic heterocycles. The number of rotatable bonds is 7. The Balaban J connectivity index is 1.69. The van der Waals surface area contributed by atoms with Gasteiger partial charge in [-0.1, -0.05) is 55.5 Å². The van der Waals surface area contributed by atoms with Gasteiger partial charge in [0, 0.05) is 17.8 Å². The van der Waals surface area contributed by atoms with Crippen LogP contribution < -0.4 is 10.0 Å². The van der Waals surface area contributed by atoms with Crippen molar-refractivity contribution < 1.29 is 13.2 Å². The van der Waals surface area contributed by atoms with Gasteiger partial charge in [0.2, 0.25) is 10.0 Å². The number of benzene rings is 3. The first kappa shape index (κ1) is 19.8. The fraction of sp³-hybridized carbons (Fsp3) is 0.136. The average molecular weight is 394 g/mol. The molecule has 3 aromatic rings. The third-order valence-corrected chi connectivity index (χ3v) is 5.80. The number of amides is 1. The lowest BCUT2D eigenvalue weighted by Gasteiger charge is -2.10. The van der Waals surface area contributed by atoms with Crippen LogP contribution in [0.15, 0.2) is 83.8 Å². The quantitative estimate of drug-likeness (QED) is 0.636. The minimum Gasteiger partial charge on any atom is -0.322 e. The highest BCUT2D eigenvalue weighted by molar-refractivity contribution is 7.89. The zero-order valence-electron chi connectivity index (χ0n) is 15.6. The average Bonchev–Trinajstić information content (AvgIpc) is 2.73. The van der Waals surface area contributed by atoms with Crippen molar-refractivity contribution >= 4 is 21.6 Å². The topological polar surface area (TPSA) is 75.3 Å². The van der Waals surface area contributed by atoms with Crippen LogP contribution >= 0.6 is 0 Å². The molecule has 3 rings (SSSR count). The predicted molar refractivity (Wildman–Crippen MR) is 111 cm³/mol. The first-order chi connectivity index (χ1) is 13.5. The summed E-state index contributed by atoms with van der Waals surface area (Å²) in [6, 6.07) is 22.8. The smallest absolute Gasteiger partial charge is 0.255 e. The number of hydrogen-bond donors (Lipinski definition) is 2. The van der Waals surface area contributed by atoms with Crippen LogP contribution in [-0.4, -0.2) is 14.3 Å². The summed E-state index contributed by atoms with van der Waals surface area (Å²) in [5.41, 5.74) is 3.07. The van der Waals surface area contributed by atoms with Crippen LogP contribution in [0.4, 0.5) is 5.69 Å². The Labute approximate surface area is 165 Å². The first-order valence-electron chi connectivity index (χ1n) is 9.02. The number of carbonyl (C=O) groups excluding carboxylic acids is 1. The molecule has 0 saturated heterocycles. The van der Waals surface area contributed by atoms with Gasteiger partial charge in [-0.15, -0.1) is 0 Å². The number of nitrogens with one attached hydrogen (secondary N) is 2. The summed E-state index contributed by atoms with van der Waals surface area (Å²) >= 11 is 0. The zero-order chi connectivity index (χ0) is 20.0. The third-order valence-electron chi connectivity index (χ3n) is 4.38. The van der Waals surface area contributed by atoms with Crippen molar-refractivity contribution in [1.82, 2.24) is 4.72 Å². The lowest BCUT2D eigenvalue weighted by molar-refractivity contribution is 0.102. The molecule has 144 valence electrons. The number of aryl methyl sites for hydroxylation is 1. The first-order valence-corrected chi connectivity index (χ1v) is 10.5. The Hall–Kier alpha value is -2.96. The lowest BCUT2D eigenvalue weighted by Crippen LogP contribution is -2.23. The van der Waals surface area contributed by atoms with E-state index in [1.807, 2.05) is 61.5 Å². The van der Waals surface area contributed by atoms with E-state index in [1.54, 1.807) is 0 Å². The molecule has 0 aliphatic carbocycles. The number of sulfonamides is 1. The Kier molecular flexibility index (Phi) is 6.23. The van der Waals surface area contributed by atoms with Crippen molar-refractivity contribution in [2.75, 3.05) is 5.32 Å². The van der Waals surface area contributed by atoms with Crippen molar-refractivity contribution in [3.8, 4) is 0 Å². The monoisotopic (exact) mass is 394 g/mol. The van der Waals surface area contributed by atoms with Gasteiger partial charge in [0.05, 0.1) is 4.90 Å². The lowest BCUT2D eigenvalue weighted by atomic mass is 10.1. The van der Waals surface area contributed by atoms with Crippen LogP contribution in [0.25, 0.3) is 0 Å². The Bertz CT molecular complexity index is 1050. The molecule has 0 spiro atoms. The number of anilines is 1. The largest absolute Gasteiger partial charge is 0.322 e. The predicted octanol–water partition coefficient (Wildman–Crippen LogP) is 3.98. The molecular weight excluding hydrogens is 372 g/mol. The molecule has 0 fully saturated rings. The molecular formula is C22H22N2O3S. The van der Waals surface area contributed by atoms with Gasteiger partial charge >= 0.3 is 0 Å². The summed E-state index contributed by atoms with van der Waals surface area (Å²) in [6.07, 6.45) is 0.806. The molecule has 0 atom stereocenters. The van der Waals surface area contributed by atoms with Crippen LogP contribution in [0.1, 0.15) is 28.4 Å². The highest BCUT2D eigenvalue weighted by Gasteiger charge is 2.15. The Morgan fingerprint density at radius 2 is 1.50 bits per heavy atom. The van der Waals surface area contributed by atoms with E-state index in [9.17, 15) is 13.2 Å². The van der Waals surface area contributed by atoms with Gasteiger partial charge in [-0.3, -0.25) is 4.79 Å². The van der Waals surface area contributed by atoms with Gasteiger partial charge in [0.15, 0.2) is 0 Å². The molecule has 0 radical (unpaired) electrons. The minimum atomic E-state index is -3.65. The highest BCUT2D eigenvalue weighted by atomic mass is 32.2. The number of carbonyl (C=O) groups is 1. The Morgan fingerprint density at radius 3 is 2.18 bits per heavy atom. The summed E-state index contributed by atoms with van der Waals surface area (Å²) in [4.78, 5) is 12.6. The summed E-state index contributed by atoms with van der Waals surface area (Å²) in [6.45, 7) is 2.23. The van der Waals surface area contributed by atoms with E-state index in [4.69, 9.17) is 0 Å². The summed E-state index contributed by atoms with van der Waals surface area (Å²) in [7, 11) is -3.65. The standard InChI is InChI=1S/C22H22N2O3S/c1-2-18-10-6-7-11-21(18)24-22(25)19-12-14-20(15-13-19)28(26,27)23-16-17-8-4-3-5-9-17/h3-15,23H,2,16H2,1H3,(H,24,25). The molecule has 2 N–H and O–H groups in total. The second kappa shape index (κ2) is 8.82. The van der Waals surface area contributed by atoms with E-state index in [1.165, 1.54) is 24.3 Å². The van der Waals surface area contributed by atoms with Crippen LogP contribution in [0.5, 0.6) is 0 Å². The maximum Gasteiger partial charge on any atom is 0.255 e. The molecule has 0 unspecified atom stereocenters. The van der Waals surface area contributed by atoms with Gasteiger partial charge in [0.1, 0.15) is 0 Å². The van der Waals surface area contributed by atoms with E-state index in [0.717, 1.165) is 23.2 Å². The maximum atomic E-state index is 12.5. The molecule has 28 heavy (non-hydrogen) atoms. The van der Waals surface area contributed by atoms with Crippen molar-refractivity contribution in [3.05, 3.63) is 95.6 Å². The van der Waals surface area contributed by atoms with E-state index in [0.29, 0.717) is 5.56 Å². The minimum absolute atomic E-state index is 0.119. The van der Waals surface area contributed by atoms with Crippen LogP contribution in [0.3, 0.4) is 0 Å². The highest BCUT2D eigenvalue weighted by Crippen LogP contribution is 2.17. The molecule has 5 nitrogen and oxygen atoms in total. The number of para-hydroxylation sites is 1. The van der Waals surface area contributed by atoms with Crippen molar-refractivity contribution in [3.63, 3.8) is 0 Å². The molecule has 0 heterocycles. The molecule has 0 aliphatic rings. The fourth-order valence-corrected chi connectivity index (χ4v) is 3.81. The summed E-state index contributed by atoms with van der Waals surface area (Å²) in [5, 5.41) is 2.88. The molecule has 0 saturated carbocycles. The van der Waals surface area contributed by atoms with Gasteiger partial charge < -0.3 is 5.32 Å². The summed E-state index contributed by atoms with van der Waals surface area (Å²) in [5.74, 6) is -0.276. The second-order valence-electron chi connectivity index (χ2n) is 6.30. The summed E-state index contributed by atoms with van der Waals surface area (Å²) < 4.78 is 27.5. The van der Waals surface area contributed by atoms with Crippen molar-refractivity contribution in [2.45, 2.75) is 24.8 Å².